The highest BCUT2D eigenvalue weighted by Crippen LogP contribution is 2.40. The van der Waals surface area contributed by atoms with Crippen LogP contribution in [0.2, 0.25) is 0 Å². The summed E-state index contributed by atoms with van der Waals surface area (Å²) in [5.74, 6) is 1.69. The number of ether oxygens (including phenoxy) is 2. The summed E-state index contributed by atoms with van der Waals surface area (Å²) in [5, 5.41) is 0. The summed E-state index contributed by atoms with van der Waals surface area (Å²) in [5.41, 5.74) is 1.45. The number of alkyl halides is 1. The molecule has 17 heavy (non-hydrogen) atoms. The molecule has 1 aromatic carbocycles. The van der Waals surface area contributed by atoms with Gasteiger partial charge in [0.25, 0.3) is 0 Å². The summed E-state index contributed by atoms with van der Waals surface area (Å²) in [6.45, 7) is 6.70. The topological polar surface area (TPSA) is 18.5 Å². The van der Waals surface area contributed by atoms with E-state index in [1.807, 2.05) is 12.1 Å². The molecular formula is C14H21BrO2. The number of benzene rings is 1. The standard InChI is InChI=1S/C14H21BrO2/c1-14(2,3)9-12(15)11-7-6-10(16-4)8-13(11)17-5/h6-8,12H,9H2,1-5H3. The van der Waals surface area contributed by atoms with E-state index in [0.717, 1.165) is 17.9 Å². The fourth-order valence-corrected chi connectivity index (χ4v) is 3.07. The lowest BCUT2D eigenvalue weighted by Crippen LogP contribution is -2.09. The highest BCUT2D eigenvalue weighted by atomic mass is 79.9. The van der Waals surface area contributed by atoms with Crippen molar-refractivity contribution in [2.75, 3.05) is 14.2 Å². The molecule has 1 unspecified atom stereocenters. The number of rotatable bonds is 4. The van der Waals surface area contributed by atoms with E-state index in [-0.39, 0.29) is 5.41 Å². The van der Waals surface area contributed by atoms with E-state index in [1.54, 1.807) is 14.2 Å². The van der Waals surface area contributed by atoms with Gasteiger partial charge in [0.15, 0.2) is 0 Å². The van der Waals surface area contributed by atoms with E-state index >= 15 is 0 Å². The second kappa shape index (κ2) is 5.76. The number of methoxy groups -OCH3 is 2. The van der Waals surface area contributed by atoms with Crippen molar-refractivity contribution in [2.24, 2.45) is 5.41 Å². The Balaban J connectivity index is 2.96. The number of hydrogen-bond donors (Lipinski definition) is 0. The minimum absolute atomic E-state index is 0.277. The van der Waals surface area contributed by atoms with E-state index in [9.17, 15) is 0 Å². The van der Waals surface area contributed by atoms with Crippen LogP contribution in [-0.4, -0.2) is 14.2 Å². The first-order valence-corrected chi connectivity index (χ1v) is 6.65. The van der Waals surface area contributed by atoms with Crippen LogP contribution in [0.1, 0.15) is 37.6 Å². The maximum absolute atomic E-state index is 5.41. The van der Waals surface area contributed by atoms with Gasteiger partial charge in [0.1, 0.15) is 11.5 Å². The predicted octanol–water partition coefficient (Wildman–Crippen LogP) is 4.58. The van der Waals surface area contributed by atoms with Gasteiger partial charge < -0.3 is 9.47 Å². The van der Waals surface area contributed by atoms with Gasteiger partial charge in [-0.2, -0.15) is 0 Å². The molecule has 96 valence electrons. The molecule has 1 rings (SSSR count). The predicted molar refractivity (Wildman–Crippen MR) is 75.3 cm³/mol. The van der Waals surface area contributed by atoms with Gasteiger partial charge in [-0.25, -0.2) is 0 Å². The zero-order valence-electron chi connectivity index (χ0n) is 11.2. The molecule has 1 atom stereocenters. The molecule has 0 aromatic heterocycles. The van der Waals surface area contributed by atoms with E-state index in [1.165, 1.54) is 5.56 Å². The molecule has 0 N–H and O–H groups in total. The summed E-state index contributed by atoms with van der Waals surface area (Å²) >= 11 is 3.74. The Morgan fingerprint density at radius 3 is 2.29 bits per heavy atom. The lowest BCUT2D eigenvalue weighted by atomic mass is 9.88. The van der Waals surface area contributed by atoms with Crippen LogP contribution in [0.4, 0.5) is 0 Å². The summed E-state index contributed by atoms with van der Waals surface area (Å²) < 4.78 is 10.6. The SMILES string of the molecule is COc1ccc(C(Br)CC(C)(C)C)c(OC)c1. The average molecular weight is 301 g/mol. The average Bonchev–Trinajstić information content (AvgIpc) is 2.25. The Morgan fingerprint density at radius 1 is 1.18 bits per heavy atom. The van der Waals surface area contributed by atoms with E-state index < -0.39 is 0 Å². The monoisotopic (exact) mass is 300 g/mol. The van der Waals surface area contributed by atoms with E-state index in [0.29, 0.717) is 4.83 Å². The molecule has 0 saturated heterocycles. The minimum atomic E-state index is 0.277. The van der Waals surface area contributed by atoms with Crippen LogP contribution in [0.15, 0.2) is 18.2 Å². The Bertz CT molecular complexity index is 369. The van der Waals surface area contributed by atoms with Crippen LogP contribution in [0.3, 0.4) is 0 Å². The smallest absolute Gasteiger partial charge is 0.126 e. The fraction of sp³-hybridized carbons (Fsp3) is 0.571. The summed E-state index contributed by atoms with van der Waals surface area (Å²) in [4.78, 5) is 0.295. The maximum atomic E-state index is 5.41. The summed E-state index contributed by atoms with van der Waals surface area (Å²) in [7, 11) is 3.35. The molecule has 0 fully saturated rings. The lowest BCUT2D eigenvalue weighted by Gasteiger charge is -2.23. The third-order valence-corrected chi connectivity index (χ3v) is 3.39. The van der Waals surface area contributed by atoms with E-state index in [4.69, 9.17) is 9.47 Å². The van der Waals surface area contributed by atoms with Crippen LogP contribution in [0, 0.1) is 5.41 Å². The van der Waals surface area contributed by atoms with Crippen molar-refractivity contribution in [1.29, 1.82) is 0 Å². The molecule has 0 aliphatic heterocycles. The first kappa shape index (κ1) is 14.4. The van der Waals surface area contributed by atoms with Crippen molar-refractivity contribution in [2.45, 2.75) is 32.0 Å². The van der Waals surface area contributed by atoms with Crippen molar-refractivity contribution in [1.82, 2.24) is 0 Å². The minimum Gasteiger partial charge on any atom is -0.497 e. The van der Waals surface area contributed by atoms with Gasteiger partial charge in [0.05, 0.1) is 14.2 Å². The zero-order valence-corrected chi connectivity index (χ0v) is 12.8. The van der Waals surface area contributed by atoms with Crippen LogP contribution in [0.25, 0.3) is 0 Å². The van der Waals surface area contributed by atoms with Crippen LogP contribution >= 0.6 is 15.9 Å². The number of hydrogen-bond acceptors (Lipinski definition) is 2. The quantitative estimate of drug-likeness (QED) is 0.758. The summed E-state index contributed by atoms with van der Waals surface area (Å²) in [6.07, 6.45) is 1.05. The molecule has 0 spiro atoms. The van der Waals surface area contributed by atoms with Gasteiger partial charge in [-0.1, -0.05) is 42.8 Å². The molecule has 0 radical (unpaired) electrons. The molecule has 0 aliphatic carbocycles. The normalized spacial score (nSPS) is 13.3. The highest BCUT2D eigenvalue weighted by molar-refractivity contribution is 9.09. The molecule has 3 heteroatoms. The van der Waals surface area contributed by atoms with Gasteiger partial charge in [-0.3, -0.25) is 0 Å². The fourth-order valence-electron chi connectivity index (χ4n) is 1.72. The zero-order chi connectivity index (χ0) is 13.1. The second-order valence-corrected chi connectivity index (χ2v) is 6.45. The van der Waals surface area contributed by atoms with Gasteiger partial charge in [0.2, 0.25) is 0 Å². The largest absolute Gasteiger partial charge is 0.497 e. The maximum Gasteiger partial charge on any atom is 0.126 e. The van der Waals surface area contributed by atoms with Crippen LogP contribution < -0.4 is 9.47 Å². The molecule has 2 nitrogen and oxygen atoms in total. The van der Waals surface area contributed by atoms with Gasteiger partial charge >= 0.3 is 0 Å². The van der Waals surface area contributed by atoms with E-state index in [2.05, 4.69) is 42.8 Å². The second-order valence-electron chi connectivity index (χ2n) is 5.34. The Kier molecular flexibility index (Phi) is 4.87. The molecule has 0 heterocycles. The molecular weight excluding hydrogens is 280 g/mol. The summed E-state index contributed by atoms with van der Waals surface area (Å²) in [6, 6.07) is 5.95. The third kappa shape index (κ3) is 4.23. The number of halogens is 1. The molecule has 0 saturated carbocycles. The molecule has 1 aromatic rings. The Morgan fingerprint density at radius 2 is 1.82 bits per heavy atom. The third-order valence-electron chi connectivity index (χ3n) is 2.57. The van der Waals surface area contributed by atoms with Crippen molar-refractivity contribution >= 4 is 15.9 Å². The van der Waals surface area contributed by atoms with Crippen LogP contribution in [0.5, 0.6) is 11.5 Å². The Hall–Kier alpha value is -0.700. The van der Waals surface area contributed by atoms with Gasteiger partial charge in [0, 0.05) is 16.5 Å². The van der Waals surface area contributed by atoms with Crippen LogP contribution in [-0.2, 0) is 0 Å². The van der Waals surface area contributed by atoms with Crippen molar-refractivity contribution in [3.05, 3.63) is 23.8 Å². The molecule has 0 amide bonds. The molecule has 0 aliphatic rings. The first-order valence-electron chi connectivity index (χ1n) is 5.73. The van der Waals surface area contributed by atoms with Crippen molar-refractivity contribution in [3.8, 4) is 11.5 Å². The van der Waals surface area contributed by atoms with Gasteiger partial charge in [-0.15, -0.1) is 0 Å². The first-order chi connectivity index (χ1) is 7.87. The lowest BCUT2D eigenvalue weighted by molar-refractivity contribution is 0.365. The van der Waals surface area contributed by atoms with Crippen molar-refractivity contribution in [3.63, 3.8) is 0 Å². The highest BCUT2D eigenvalue weighted by Gasteiger charge is 2.20. The Labute approximate surface area is 112 Å². The van der Waals surface area contributed by atoms with Gasteiger partial charge in [-0.05, 0) is 17.9 Å². The molecule has 0 bridgehead atoms. The van der Waals surface area contributed by atoms with Crippen molar-refractivity contribution < 1.29 is 9.47 Å².